The zero-order chi connectivity index (χ0) is 13.5. The molecule has 1 fully saturated rings. The van der Waals surface area contributed by atoms with E-state index in [1.807, 2.05) is 12.5 Å². The molecule has 2 heterocycles. The summed E-state index contributed by atoms with van der Waals surface area (Å²) in [7, 11) is 0. The van der Waals surface area contributed by atoms with E-state index in [0.717, 1.165) is 19.7 Å². The Labute approximate surface area is 116 Å². The maximum absolute atomic E-state index is 5.87. The van der Waals surface area contributed by atoms with E-state index in [2.05, 4.69) is 28.7 Å². The quantitative estimate of drug-likeness (QED) is 0.823. The van der Waals surface area contributed by atoms with Crippen LogP contribution in [0.15, 0.2) is 12.5 Å². The summed E-state index contributed by atoms with van der Waals surface area (Å²) < 4.78 is 8.23. The molecule has 0 bridgehead atoms. The Morgan fingerprint density at radius 2 is 2.32 bits per heavy atom. The van der Waals surface area contributed by atoms with Crippen LogP contribution >= 0.6 is 0 Å². The Hall–Kier alpha value is -0.870. The van der Waals surface area contributed by atoms with Crippen LogP contribution in [0, 0.1) is 0 Å². The molecule has 0 amide bonds. The number of rotatable bonds is 7. The van der Waals surface area contributed by atoms with E-state index in [-0.39, 0.29) is 6.10 Å². The number of hydrogen-bond acceptors (Lipinski definition) is 3. The largest absolute Gasteiger partial charge is 0.369 e. The number of ether oxygens (including phenoxy) is 1. The van der Waals surface area contributed by atoms with E-state index in [1.54, 1.807) is 0 Å². The van der Waals surface area contributed by atoms with Crippen molar-refractivity contribution in [2.75, 3.05) is 19.7 Å². The molecule has 2 unspecified atom stereocenters. The fourth-order valence-corrected chi connectivity index (χ4v) is 2.82. The standard InChI is InChI=1S/C15H27N3O/c1-3-5-7-13(6-4-2)18-12-17-10-14(18)15-11-16-8-9-19-15/h10,12-13,15-16H,3-9,11H2,1-2H3. The van der Waals surface area contributed by atoms with Gasteiger partial charge in [-0.1, -0.05) is 33.1 Å². The topological polar surface area (TPSA) is 39.1 Å². The van der Waals surface area contributed by atoms with Crippen molar-refractivity contribution in [2.24, 2.45) is 0 Å². The van der Waals surface area contributed by atoms with Gasteiger partial charge in [-0.2, -0.15) is 0 Å². The maximum atomic E-state index is 5.87. The number of imidazole rings is 1. The number of nitrogens with zero attached hydrogens (tertiary/aromatic N) is 2. The van der Waals surface area contributed by atoms with Crippen LogP contribution in [0.3, 0.4) is 0 Å². The molecule has 1 aromatic rings. The van der Waals surface area contributed by atoms with Crippen LogP contribution in [0.4, 0.5) is 0 Å². The molecule has 0 saturated carbocycles. The molecular weight excluding hydrogens is 238 g/mol. The van der Waals surface area contributed by atoms with Gasteiger partial charge in [0.15, 0.2) is 0 Å². The highest BCUT2D eigenvalue weighted by molar-refractivity contribution is 5.06. The van der Waals surface area contributed by atoms with Crippen molar-refractivity contribution in [2.45, 2.75) is 58.1 Å². The van der Waals surface area contributed by atoms with Crippen molar-refractivity contribution in [3.8, 4) is 0 Å². The highest BCUT2D eigenvalue weighted by Crippen LogP contribution is 2.27. The number of hydrogen-bond donors (Lipinski definition) is 1. The van der Waals surface area contributed by atoms with Crippen molar-refractivity contribution in [3.05, 3.63) is 18.2 Å². The molecule has 2 rings (SSSR count). The average Bonchev–Trinajstić information content (AvgIpc) is 2.93. The second-order valence-corrected chi connectivity index (χ2v) is 5.37. The predicted octanol–water partition coefficient (Wildman–Crippen LogP) is 3.08. The lowest BCUT2D eigenvalue weighted by molar-refractivity contribution is 0.0216. The molecule has 0 aliphatic carbocycles. The molecule has 1 aromatic heterocycles. The lowest BCUT2D eigenvalue weighted by Gasteiger charge is -2.27. The van der Waals surface area contributed by atoms with Gasteiger partial charge in [-0.3, -0.25) is 0 Å². The summed E-state index contributed by atoms with van der Waals surface area (Å²) in [4.78, 5) is 4.36. The van der Waals surface area contributed by atoms with Gasteiger partial charge in [0.2, 0.25) is 0 Å². The van der Waals surface area contributed by atoms with Gasteiger partial charge in [0.1, 0.15) is 6.10 Å². The van der Waals surface area contributed by atoms with Crippen molar-refractivity contribution in [3.63, 3.8) is 0 Å². The number of morpholine rings is 1. The minimum atomic E-state index is 0.164. The van der Waals surface area contributed by atoms with Crippen LogP contribution in [0.1, 0.15) is 63.8 Å². The van der Waals surface area contributed by atoms with Crippen molar-refractivity contribution in [1.82, 2.24) is 14.9 Å². The Morgan fingerprint density at radius 3 is 3.00 bits per heavy atom. The Bertz CT molecular complexity index is 358. The highest BCUT2D eigenvalue weighted by Gasteiger charge is 2.22. The molecule has 1 aliphatic heterocycles. The molecule has 19 heavy (non-hydrogen) atoms. The molecule has 0 aromatic carbocycles. The van der Waals surface area contributed by atoms with E-state index >= 15 is 0 Å². The summed E-state index contributed by atoms with van der Waals surface area (Å²) in [6, 6.07) is 0.577. The van der Waals surface area contributed by atoms with Crippen LogP contribution in [0.2, 0.25) is 0 Å². The first kappa shape index (κ1) is 14.5. The summed E-state index contributed by atoms with van der Waals surface area (Å²) >= 11 is 0. The van der Waals surface area contributed by atoms with Gasteiger partial charge >= 0.3 is 0 Å². The van der Waals surface area contributed by atoms with Crippen LogP contribution < -0.4 is 5.32 Å². The average molecular weight is 265 g/mol. The highest BCUT2D eigenvalue weighted by atomic mass is 16.5. The van der Waals surface area contributed by atoms with Crippen LogP contribution in [-0.4, -0.2) is 29.2 Å². The molecule has 2 atom stereocenters. The van der Waals surface area contributed by atoms with Gasteiger partial charge < -0.3 is 14.6 Å². The van der Waals surface area contributed by atoms with E-state index in [0.29, 0.717) is 6.04 Å². The smallest absolute Gasteiger partial charge is 0.111 e. The van der Waals surface area contributed by atoms with Crippen molar-refractivity contribution >= 4 is 0 Å². The number of nitrogens with one attached hydrogen (secondary N) is 1. The van der Waals surface area contributed by atoms with Gasteiger partial charge in [-0.05, 0) is 12.8 Å². The zero-order valence-corrected chi connectivity index (χ0v) is 12.3. The van der Waals surface area contributed by atoms with E-state index in [1.165, 1.54) is 37.8 Å². The third-order valence-corrected chi connectivity index (χ3v) is 3.86. The Morgan fingerprint density at radius 1 is 1.42 bits per heavy atom. The predicted molar refractivity (Wildman–Crippen MR) is 77.3 cm³/mol. The Balaban J connectivity index is 2.10. The van der Waals surface area contributed by atoms with Crippen molar-refractivity contribution in [1.29, 1.82) is 0 Å². The minimum absolute atomic E-state index is 0.164. The van der Waals surface area contributed by atoms with E-state index in [9.17, 15) is 0 Å². The molecule has 1 saturated heterocycles. The summed E-state index contributed by atoms with van der Waals surface area (Å²) in [6.45, 7) is 7.17. The third-order valence-electron chi connectivity index (χ3n) is 3.86. The van der Waals surface area contributed by atoms with Crippen LogP contribution in [0.5, 0.6) is 0 Å². The van der Waals surface area contributed by atoms with Crippen LogP contribution in [0.25, 0.3) is 0 Å². The molecule has 4 nitrogen and oxygen atoms in total. The number of unbranched alkanes of at least 4 members (excludes halogenated alkanes) is 1. The summed E-state index contributed by atoms with van der Waals surface area (Å²) in [5.74, 6) is 0. The molecule has 1 aliphatic rings. The van der Waals surface area contributed by atoms with Gasteiger partial charge in [-0.25, -0.2) is 4.98 Å². The minimum Gasteiger partial charge on any atom is -0.369 e. The summed E-state index contributed by atoms with van der Waals surface area (Å²) in [5, 5.41) is 3.40. The maximum Gasteiger partial charge on any atom is 0.111 e. The monoisotopic (exact) mass is 265 g/mol. The SMILES string of the molecule is CCCCC(CCC)n1cncc1C1CNCCO1. The second-order valence-electron chi connectivity index (χ2n) is 5.37. The molecule has 0 spiro atoms. The van der Waals surface area contributed by atoms with Gasteiger partial charge in [0.25, 0.3) is 0 Å². The molecule has 0 radical (unpaired) electrons. The fourth-order valence-electron chi connectivity index (χ4n) is 2.82. The fraction of sp³-hybridized carbons (Fsp3) is 0.800. The van der Waals surface area contributed by atoms with Gasteiger partial charge in [0.05, 0.1) is 24.8 Å². The first-order valence-corrected chi connectivity index (χ1v) is 7.70. The van der Waals surface area contributed by atoms with Crippen molar-refractivity contribution < 1.29 is 4.74 Å². The zero-order valence-electron chi connectivity index (χ0n) is 12.3. The summed E-state index contributed by atoms with van der Waals surface area (Å²) in [5.41, 5.74) is 1.24. The van der Waals surface area contributed by atoms with E-state index < -0.39 is 0 Å². The number of aromatic nitrogens is 2. The first-order valence-electron chi connectivity index (χ1n) is 7.70. The van der Waals surface area contributed by atoms with Crippen LogP contribution in [-0.2, 0) is 4.74 Å². The van der Waals surface area contributed by atoms with Gasteiger partial charge in [0, 0.05) is 19.1 Å². The third kappa shape index (κ3) is 3.80. The first-order chi connectivity index (χ1) is 9.36. The summed E-state index contributed by atoms with van der Waals surface area (Å²) in [6.07, 6.45) is 10.4. The lowest BCUT2D eigenvalue weighted by atomic mass is 10.0. The second kappa shape index (κ2) is 7.65. The van der Waals surface area contributed by atoms with Gasteiger partial charge in [-0.15, -0.1) is 0 Å². The molecule has 1 N–H and O–H groups in total. The molecule has 108 valence electrons. The lowest BCUT2D eigenvalue weighted by Crippen LogP contribution is -2.34. The molecule has 4 heteroatoms. The van der Waals surface area contributed by atoms with E-state index in [4.69, 9.17) is 4.74 Å². The molecular formula is C15H27N3O. The Kier molecular flexibility index (Phi) is 5.86. The normalized spacial score (nSPS) is 21.5.